The standard InChI is InChI=1S/C36H45N3O5S/c1-7-34(4)18-29(35(5)22(2)12-15-36(23(3)32(34)42)16-13-28(40)31(35)36)44-30(41)21-45-33-37-26-14-17-39(20-27(26)38-33)19-24-8-10-25(43-6)11-9-24/h7-11,14,17,20,22-23,29,31-32,42H,1,12-13,15-16,18-19,21H2,2-6H3/p+1/t22-,23+,29-,31+,32+,34-,35+,36+/m1/s1. The molecule has 0 radical (unpaired) electrons. The van der Waals surface area contributed by atoms with Crippen LogP contribution in [0.25, 0.3) is 11.0 Å². The molecule has 240 valence electrons. The molecule has 6 rings (SSSR count). The van der Waals surface area contributed by atoms with Crippen LogP contribution in [0, 0.1) is 34.0 Å². The zero-order chi connectivity index (χ0) is 32.1. The van der Waals surface area contributed by atoms with Crippen LogP contribution >= 0.6 is 11.8 Å². The number of benzene rings is 1. The number of imidazole rings is 1. The summed E-state index contributed by atoms with van der Waals surface area (Å²) in [6.07, 6.45) is 8.23. The maximum absolute atomic E-state index is 13.6. The minimum atomic E-state index is -0.681. The van der Waals surface area contributed by atoms with Gasteiger partial charge < -0.3 is 19.6 Å². The van der Waals surface area contributed by atoms with Gasteiger partial charge in [0.25, 0.3) is 0 Å². The van der Waals surface area contributed by atoms with Crippen molar-refractivity contribution in [3.8, 4) is 5.75 Å². The third-order valence-corrected chi connectivity index (χ3v) is 12.7. The number of fused-ring (bicyclic) bond motifs is 1. The Bertz CT molecular complexity index is 1610. The SMILES string of the molecule is C=C[C@]1(C)C[C@@H](OC(=O)CSc2nc3cc[n+](Cc4ccc(OC)cc4)cc3[nH]2)[C@]2(C)[C@H](C)CC[C@]3(CCC(=O)[C@H]32)[C@@H](C)[C@@H]1O. The van der Waals surface area contributed by atoms with Gasteiger partial charge in [0.05, 0.1) is 19.0 Å². The molecule has 0 spiro atoms. The lowest BCUT2D eigenvalue weighted by molar-refractivity contribution is -0.687. The first-order chi connectivity index (χ1) is 21.4. The summed E-state index contributed by atoms with van der Waals surface area (Å²) < 4.78 is 13.7. The molecular formula is C36H46N3O5S+. The summed E-state index contributed by atoms with van der Waals surface area (Å²) in [4.78, 5) is 35.2. The number of methoxy groups -OCH3 is 1. The van der Waals surface area contributed by atoms with Crippen LogP contribution in [-0.4, -0.2) is 51.9 Å². The number of Topliss-reactive ketones (excluding diaryl/α,β-unsaturated/α-hetero) is 1. The van der Waals surface area contributed by atoms with Crippen molar-refractivity contribution in [2.75, 3.05) is 12.9 Å². The minimum absolute atomic E-state index is 0.0565. The number of hydrogen-bond donors (Lipinski definition) is 2. The molecule has 2 bridgehead atoms. The van der Waals surface area contributed by atoms with Crippen LogP contribution in [-0.2, 0) is 20.9 Å². The molecule has 3 saturated carbocycles. The number of ether oxygens (including phenoxy) is 2. The highest BCUT2D eigenvalue weighted by Crippen LogP contribution is 2.68. The lowest BCUT2D eigenvalue weighted by Gasteiger charge is -2.61. The average molecular weight is 633 g/mol. The Kier molecular flexibility index (Phi) is 8.40. The molecule has 3 aromatic rings. The van der Waals surface area contributed by atoms with Crippen molar-refractivity contribution in [2.24, 2.45) is 34.0 Å². The second-order valence-corrected chi connectivity index (χ2v) is 15.1. The third-order valence-electron chi connectivity index (χ3n) is 11.9. The molecule has 0 saturated heterocycles. The van der Waals surface area contributed by atoms with Gasteiger partial charge in [-0.1, -0.05) is 45.5 Å². The first kappa shape index (κ1) is 31.8. The van der Waals surface area contributed by atoms with Crippen molar-refractivity contribution >= 4 is 34.5 Å². The minimum Gasteiger partial charge on any atom is -0.497 e. The van der Waals surface area contributed by atoms with Gasteiger partial charge in [-0.3, -0.25) is 9.59 Å². The maximum Gasteiger partial charge on any atom is 0.316 e. The van der Waals surface area contributed by atoms with E-state index >= 15 is 0 Å². The fourth-order valence-electron chi connectivity index (χ4n) is 8.91. The maximum atomic E-state index is 13.6. The summed E-state index contributed by atoms with van der Waals surface area (Å²) >= 11 is 1.31. The predicted octanol–water partition coefficient (Wildman–Crippen LogP) is 5.91. The van der Waals surface area contributed by atoms with Crippen LogP contribution < -0.4 is 9.30 Å². The fourth-order valence-corrected chi connectivity index (χ4v) is 9.57. The van der Waals surface area contributed by atoms with E-state index in [0.717, 1.165) is 41.6 Å². The molecule has 0 unspecified atom stereocenters. The topological polar surface area (TPSA) is 105 Å². The largest absolute Gasteiger partial charge is 0.497 e. The Hall–Kier alpha value is -3.17. The molecule has 8 atom stereocenters. The van der Waals surface area contributed by atoms with Crippen molar-refractivity contribution in [1.29, 1.82) is 0 Å². The van der Waals surface area contributed by atoms with E-state index in [2.05, 4.69) is 36.9 Å². The number of esters is 1. The van der Waals surface area contributed by atoms with E-state index in [-0.39, 0.29) is 40.7 Å². The van der Waals surface area contributed by atoms with Gasteiger partial charge >= 0.3 is 5.97 Å². The monoisotopic (exact) mass is 632 g/mol. The summed E-state index contributed by atoms with van der Waals surface area (Å²) in [5, 5.41) is 12.4. The quantitative estimate of drug-likeness (QED) is 0.138. The number of aliphatic hydroxyl groups excluding tert-OH is 1. The number of H-pyrrole nitrogens is 1. The first-order valence-corrected chi connectivity index (χ1v) is 17.1. The Balaban J connectivity index is 1.20. The summed E-state index contributed by atoms with van der Waals surface area (Å²) in [6, 6.07) is 9.95. The first-order valence-electron chi connectivity index (χ1n) is 16.1. The van der Waals surface area contributed by atoms with Crippen molar-refractivity contribution in [3.05, 3.63) is 60.9 Å². The van der Waals surface area contributed by atoms with Gasteiger partial charge in [-0.15, -0.1) is 6.58 Å². The average Bonchev–Trinajstić information content (AvgIpc) is 3.61. The molecule has 8 nitrogen and oxygen atoms in total. The van der Waals surface area contributed by atoms with E-state index in [4.69, 9.17) is 14.5 Å². The Morgan fingerprint density at radius 3 is 2.69 bits per heavy atom. The summed E-state index contributed by atoms with van der Waals surface area (Å²) in [7, 11) is 1.66. The van der Waals surface area contributed by atoms with Crippen LogP contribution in [0.3, 0.4) is 0 Å². The molecule has 2 heterocycles. The van der Waals surface area contributed by atoms with Crippen LogP contribution in [0.2, 0.25) is 0 Å². The van der Waals surface area contributed by atoms with E-state index in [0.29, 0.717) is 24.5 Å². The van der Waals surface area contributed by atoms with Gasteiger partial charge in [0.15, 0.2) is 24.1 Å². The highest BCUT2D eigenvalue weighted by Gasteiger charge is 2.68. The molecule has 3 aliphatic carbocycles. The Morgan fingerprint density at radius 1 is 1.22 bits per heavy atom. The fraction of sp³-hybridized carbons (Fsp3) is 0.556. The molecule has 2 N–H and O–H groups in total. The van der Waals surface area contributed by atoms with Gasteiger partial charge in [0.1, 0.15) is 28.7 Å². The summed E-state index contributed by atoms with van der Waals surface area (Å²) in [5.41, 5.74) is 1.38. The number of carbonyl (C=O) groups excluding carboxylic acids is 2. The molecule has 3 fully saturated rings. The van der Waals surface area contributed by atoms with Gasteiger partial charge in [-0.25, -0.2) is 4.98 Å². The molecule has 45 heavy (non-hydrogen) atoms. The highest BCUT2D eigenvalue weighted by molar-refractivity contribution is 7.99. The van der Waals surface area contributed by atoms with E-state index in [9.17, 15) is 14.7 Å². The lowest BCUT2D eigenvalue weighted by atomic mass is 9.44. The smallest absolute Gasteiger partial charge is 0.316 e. The molecule has 2 aromatic heterocycles. The number of ketones is 1. The zero-order valence-electron chi connectivity index (χ0n) is 27.0. The number of nitrogens with zero attached hydrogens (tertiary/aromatic N) is 2. The predicted molar refractivity (Wildman–Crippen MR) is 174 cm³/mol. The number of aliphatic hydroxyl groups is 1. The van der Waals surface area contributed by atoms with E-state index < -0.39 is 23.0 Å². The van der Waals surface area contributed by atoms with E-state index in [1.165, 1.54) is 11.8 Å². The van der Waals surface area contributed by atoms with Crippen LogP contribution in [0.5, 0.6) is 5.75 Å². The number of hydrogen-bond acceptors (Lipinski definition) is 7. The third kappa shape index (κ3) is 5.39. The Morgan fingerprint density at radius 2 is 1.98 bits per heavy atom. The van der Waals surface area contributed by atoms with Crippen LogP contribution in [0.1, 0.15) is 65.4 Å². The normalized spacial score (nSPS) is 34.5. The van der Waals surface area contributed by atoms with Crippen molar-refractivity contribution in [1.82, 2.24) is 9.97 Å². The van der Waals surface area contributed by atoms with Gasteiger partial charge in [0.2, 0.25) is 0 Å². The van der Waals surface area contributed by atoms with Crippen LogP contribution in [0.15, 0.2) is 60.5 Å². The Labute approximate surface area is 270 Å². The van der Waals surface area contributed by atoms with Crippen LogP contribution in [0.4, 0.5) is 0 Å². The van der Waals surface area contributed by atoms with E-state index in [1.54, 1.807) is 7.11 Å². The second-order valence-electron chi connectivity index (χ2n) is 14.2. The van der Waals surface area contributed by atoms with Gasteiger partial charge in [-0.2, -0.15) is 4.57 Å². The number of aromatic amines is 1. The molecule has 1 aromatic carbocycles. The van der Waals surface area contributed by atoms with Crippen molar-refractivity contribution < 1.29 is 28.7 Å². The number of pyridine rings is 1. The van der Waals surface area contributed by atoms with Gasteiger partial charge in [-0.05, 0) is 67.2 Å². The second kappa shape index (κ2) is 11.9. The molecule has 9 heteroatoms. The van der Waals surface area contributed by atoms with Gasteiger partial charge in [0, 0.05) is 34.8 Å². The molecule has 0 aliphatic heterocycles. The number of aromatic nitrogens is 3. The van der Waals surface area contributed by atoms with Crippen molar-refractivity contribution in [3.63, 3.8) is 0 Å². The lowest BCUT2D eigenvalue weighted by Crippen LogP contribution is -2.63. The molecular weight excluding hydrogens is 586 g/mol. The molecule has 0 amide bonds. The highest BCUT2D eigenvalue weighted by atomic mass is 32.2. The summed E-state index contributed by atoms with van der Waals surface area (Å²) in [5.74, 6) is 0.723. The summed E-state index contributed by atoms with van der Waals surface area (Å²) in [6.45, 7) is 13.3. The number of carbonyl (C=O) groups is 2. The molecule has 3 aliphatic rings. The zero-order valence-corrected chi connectivity index (χ0v) is 27.9. The number of rotatable bonds is 8. The van der Waals surface area contributed by atoms with E-state index in [1.807, 2.05) is 55.7 Å². The number of nitrogens with one attached hydrogen (secondary N) is 1. The number of thioether (sulfide) groups is 1. The van der Waals surface area contributed by atoms with Crippen molar-refractivity contribution in [2.45, 2.75) is 83.7 Å².